The third-order valence-corrected chi connectivity index (χ3v) is 2.98. The maximum Gasteiger partial charge on any atom is 0.159 e. The van der Waals surface area contributed by atoms with E-state index in [2.05, 4.69) is 21.2 Å². The Hall–Kier alpha value is -0.780. The number of anilines is 1. The van der Waals surface area contributed by atoms with Gasteiger partial charge in [-0.2, -0.15) is 0 Å². The van der Waals surface area contributed by atoms with E-state index in [4.69, 9.17) is 14.2 Å². The Kier molecular flexibility index (Phi) is 7.86. The van der Waals surface area contributed by atoms with Crippen molar-refractivity contribution < 1.29 is 14.2 Å². The summed E-state index contributed by atoms with van der Waals surface area (Å²) < 4.78 is 17.2. The molecule has 0 radical (unpaired) electrons. The van der Waals surface area contributed by atoms with Crippen molar-refractivity contribution in [3.63, 3.8) is 0 Å². The van der Waals surface area contributed by atoms with Crippen molar-refractivity contribution in [3.8, 4) is 5.75 Å². The lowest BCUT2D eigenvalue weighted by atomic mass is 10.3. The SMILES string of the molecule is CCOC(CCNc1cc(Br)cc(OC)c1)OCC. The van der Waals surface area contributed by atoms with Crippen LogP contribution in [0.2, 0.25) is 0 Å². The fraction of sp³-hybridized carbons (Fsp3) is 0.571. The van der Waals surface area contributed by atoms with Crippen LogP contribution in [0.15, 0.2) is 22.7 Å². The molecular formula is C14H22BrNO3. The minimum absolute atomic E-state index is 0.142. The highest BCUT2D eigenvalue weighted by Gasteiger charge is 2.07. The van der Waals surface area contributed by atoms with E-state index in [-0.39, 0.29) is 6.29 Å². The molecule has 0 fully saturated rings. The summed E-state index contributed by atoms with van der Waals surface area (Å²) >= 11 is 3.45. The van der Waals surface area contributed by atoms with Crippen molar-refractivity contribution in [2.75, 3.05) is 32.2 Å². The van der Waals surface area contributed by atoms with Crippen molar-refractivity contribution >= 4 is 21.6 Å². The van der Waals surface area contributed by atoms with Gasteiger partial charge in [-0.1, -0.05) is 15.9 Å². The minimum Gasteiger partial charge on any atom is -0.497 e. The van der Waals surface area contributed by atoms with Crippen molar-refractivity contribution in [1.82, 2.24) is 0 Å². The maximum atomic E-state index is 5.49. The summed E-state index contributed by atoms with van der Waals surface area (Å²) in [5.41, 5.74) is 1.01. The topological polar surface area (TPSA) is 39.7 Å². The lowest BCUT2D eigenvalue weighted by molar-refractivity contribution is -0.137. The summed E-state index contributed by atoms with van der Waals surface area (Å²) in [5.74, 6) is 0.822. The molecule has 1 rings (SSSR count). The molecule has 1 aromatic carbocycles. The number of nitrogens with one attached hydrogen (secondary N) is 1. The Morgan fingerprint density at radius 1 is 1.16 bits per heavy atom. The predicted octanol–water partition coefficient (Wildman–Crippen LogP) is 3.66. The smallest absolute Gasteiger partial charge is 0.159 e. The Morgan fingerprint density at radius 3 is 2.42 bits per heavy atom. The number of ether oxygens (including phenoxy) is 3. The van der Waals surface area contributed by atoms with Crippen LogP contribution in [-0.4, -0.2) is 33.2 Å². The zero-order valence-corrected chi connectivity index (χ0v) is 13.3. The van der Waals surface area contributed by atoms with Gasteiger partial charge in [0, 0.05) is 42.4 Å². The minimum atomic E-state index is -0.142. The highest BCUT2D eigenvalue weighted by atomic mass is 79.9. The molecule has 108 valence electrons. The standard InChI is InChI=1S/C14H22BrNO3/c1-4-18-14(19-5-2)6-7-16-12-8-11(15)9-13(10-12)17-3/h8-10,14,16H,4-7H2,1-3H3. The van der Waals surface area contributed by atoms with Crippen LogP contribution in [0.1, 0.15) is 20.3 Å². The molecule has 0 aliphatic heterocycles. The van der Waals surface area contributed by atoms with Gasteiger partial charge in [0.05, 0.1) is 7.11 Å². The lowest BCUT2D eigenvalue weighted by Gasteiger charge is -2.17. The van der Waals surface area contributed by atoms with Crippen LogP contribution in [0.25, 0.3) is 0 Å². The summed E-state index contributed by atoms with van der Waals surface area (Å²) in [4.78, 5) is 0. The van der Waals surface area contributed by atoms with E-state index in [0.29, 0.717) is 13.2 Å². The summed E-state index contributed by atoms with van der Waals surface area (Å²) in [6, 6.07) is 5.90. The predicted molar refractivity (Wildman–Crippen MR) is 80.8 cm³/mol. The molecule has 0 aliphatic carbocycles. The first kappa shape index (κ1) is 16.3. The highest BCUT2D eigenvalue weighted by Crippen LogP contribution is 2.24. The van der Waals surface area contributed by atoms with E-state index in [1.807, 2.05) is 32.0 Å². The zero-order valence-electron chi connectivity index (χ0n) is 11.7. The van der Waals surface area contributed by atoms with Gasteiger partial charge >= 0.3 is 0 Å². The normalized spacial score (nSPS) is 10.8. The Morgan fingerprint density at radius 2 is 1.84 bits per heavy atom. The van der Waals surface area contributed by atoms with Gasteiger partial charge in [-0.25, -0.2) is 0 Å². The molecule has 0 unspecified atom stereocenters. The first-order chi connectivity index (χ1) is 9.19. The van der Waals surface area contributed by atoms with Crippen LogP contribution < -0.4 is 10.1 Å². The number of hydrogen-bond donors (Lipinski definition) is 1. The van der Waals surface area contributed by atoms with Gasteiger partial charge in [-0.15, -0.1) is 0 Å². The Labute approximate surface area is 123 Å². The molecule has 19 heavy (non-hydrogen) atoms. The highest BCUT2D eigenvalue weighted by molar-refractivity contribution is 9.10. The fourth-order valence-corrected chi connectivity index (χ4v) is 2.18. The second-order valence-corrected chi connectivity index (χ2v) is 4.85. The third-order valence-electron chi connectivity index (χ3n) is 2.52. The second-order valence-electron chi connectivity index (χ2n) is 3.94. The van der Waals surface area contributed by atoms with Gasteiger partial charge in [0.1, 0.15) is 5.75 Å². The van der Waals surface area contributed by atoms with Gasteiger partial charge in [-0.05, 0) is 26.0 Å². The van der Waals surface area contributed by atoms with Crippen molar-refractivity contribution in [3.05, 3.63) is 22.7 Å². The number of benzene rings is 1. The molecule has 0 amide bonds. The van der Waals surface area contributed by atoms with E-state index in [0.717, 1.165) is 28.9 Å². The summed E-state index contributed by atoms with van der Waals surface area (Å²) in [5, 5.41) is 3.34. The summed E-state index contributed by atoms with van der Waals surface area (Å²) in [6.07, 6.45) is 0.660. The fourth-order valence-electron chi connectivity index (χ4n) is 1.70. The molecule has 0 saturated carbocycles. The molecule has 0 saturated heterocycles. The molecule has 0 aliphatic rings. The summed E-state index contributed by atoms with van der Waals surface area (Å²) in [6.45, 7) is 6.05. The molecular weight excluding hydrogens is 310 g/mol. The number of halogens is 1. The maximum absolute atomic E-state index is 5.49. The van der Waals surface area contributed by atoms with Gasteiger partial charge in [0.15, 0.2) is 6.29 Å². The molecule has 0 atom stereocenters. The number of rotatable bonds is 9. The van der Waals surface area contributed by atoms with Gasteiger partial charge < -0.3 is 19.5 Å². The summed E-state index contributed by atoms with van der Waals surface area (Å²) in [7, 11) is 1.66. The zero-order chi connectivity index (χ0) is 14.1. The Balaban J connectivity index is 2.45. The van der Waals surface area contributed by atoms with Crippen LogP contribution >= 0.6 is 15.9 Å². The largest absolute Gasteiger partial charge is 0.497 e. The van der Waals surface area contributed by atoms with Crippen molar-refractivity contribution in [2.45, 2.75) is 26.6 Å². The van der Waals surface area contributed by atoms with E-state index in [1.54, 1.807) is 7.11 Å². The average Bonchev–Trinajstić information content (AvgIpc) is 2.38. The van der Waals surface area contributed by atoms with Crippen molar-refractivity contribution in [2.24, 2.45) is 0 Å². The van der Waals surface area contributed by atoms with E-state index < -0.39 is 0 Å². The van der Waals surface area contributed by atoms with Gasteiger partial charge in [-0.3, -0.25) is 0 Å². The molecule has 1 N–H and O–H groups in total. The third kappa shape index (κ3) is 6.27. The van der Waals surface area contributed by atoms with Crippen LogP contribution in [0.4, 0.5) is 5.69 Å². The van der Waals surface area contributed by atoms with Crippen LogP contribution in [0.5, 0.6) is 5.75 Å². The lowest BCUT2D eigenvalue weighted by Crippen LogP contribution is -2.21. The molecule has 5 heteroatoms. The van der Waals surface area contributed by atoms with E-state index in [9.17, 15) is 0 Å². The first-order valence-electron chi connectivity index (χ1n) is 6.51. The number of hydrogen-bond acceptors (Lipinski definition) is 4. The van der Waals surface area contributed by atoms with Crippen LogP contribution in [-0.2, 0) is 9.47 Å². The second kappa shape index (κ2) is 9.18. The number of methoxy groups -OCH3 is 1. The first-order valence-corrected chi connectivity index (χ1v) is 7.30. The quantitative estimate of drug-likeness (QED) is 0.701. The van der Waals surface area contributed by atoms with E-state index in [1.165, 1.54) is 0 Å². The average molecular weight is 332 g/mol. The molecule has 0 heterocycles. The van der Waals surface area contributed by atoms with Gasteiger partial charge in [0.25, 0.3) is 0 Å². The molecule has 4 nitrogen and oxygen atoms in total. The van der Waals surface area contributed by atoms with E-state index >= 15 is 0 Å². The molecule has 0 spiro atoms. The monoisotopic (exact) mass is 331 g/mol. The van der Waals surface area contributed by atoms with Gasteiger partial charge in [0.2, 0.25) is 0 Å². The molecule has 0 aromatic heterocycles. The van der Waals surface area contributed by atoms with Crippen molar-refractivity contribution in [1.29, 1.82) is 0 Å². The molecule has 0 bridgehead atoms. The molecule has 1 aromatic rings. The van der Waals surface area contributed by atoms with Crippen LogP contribution in [0.3, 0.4) is 0 Å². The van der Waals surface area contributed by atoms with Crippen LogP contribution in [0, 0.1) is 0 Å². The Bertz CT molecular complexity index is 368.